The van der Waals surface area contributed by atoms with E-state index < -0.39 is 6.04 Å². The van der Waals surface area contributed by atoms with E-state index in [4.69, 9.17) is 11.6 Å². The van der Waals surface area contributed by atoms with E-state index >= 15 is 0 Å². The van der Waals surface area contributed by atoms with Crippen molar-refractivity contribution in [2.45, 2.75) is 76.4 Å². The molecule has 2 fully saturated rings. The Kier molecular flexibility index (Phi) is 8.65. The van der Waals surface area contributed by atoms with E-state index in [2.05, 4.69) is 33.8 Å². The molecule has 200 valence electrons. The standard InChI is InChI=1S/C30H35ClN4O2S/c1-20-25(17-23(31)18-32-20)34-26(15-21-7-3-2-4-8-21)28-13-14-29(38-28)35(19-36)27(16-22-9-5-6-10-22)30(37)33-24-11-12-24/h2-4,7-8,13-14,17-19,22,24,26-27,34H,5-6,9-12,15-16H2,1H3,(H,33,37)/t26-,27+/m1/s1. The molecule has 3 aromatic rings. The first kappa shape index (κ1) is 26.7. The zero-order chi connectivity index (χ0) is 26.5. The molecule has 0 bridgehead atoms. The number of benzene rings is 1. The molecule has 6 nitrogen and oxygen atoms in total. The molecule has 2 aliphatic rings. The predicted octanol–water partition coefficient (Wildman–Crippen LogP) is 6.69. The molecule has 0 spiro atoms. The highest BCUT2D eigenvalue weighted by atomic mass is 35.5. The number of amides is 2. The summed E-state index contributed by atoms with van der Waals surface area (Å²) in [5.41, 5.74) is 2.94. The van der Waals surface area contributed by atoms with Gasteiger partial charge in [0.1, 0.15) is 6.04 Å². The summed E-state index contributed by atoms with van der Waals surface area (Å²) in [5.74, 6) is 0.457. The van der Waals surface area contributed by atoms with Crippen molar-refractivity contribution in [3.05, 3.63) is 75.9 Å². The highest BCUT2D eigenvalue weighted by molar-refractivity contribution is 7.16. The van der Waals surface area contributed by atoms with Crippen LogP contribution in [0.25, 0.3) is 0 Å². The van der Waals surface area contributed by atoms with Gasteiger partial charge in [-0.2, -0.15) is 0 Å². The van der Waals surface area contributed by atoms with Gasteiger partial charge in [-0.15, -0.1) is 11.3 Å². The fourth-order valence-corrected chi connectivity index (χ4v) is 6.53. The first-order chi connectivity index (χ1) is 18.5. The molecule has 2 N–H and O–H groups in total. The van der Waals surface area contributed by atoms with Crippen LogP contribution >= 0.6 is 22.9 Å². The number of anilines is 2. The van der Waals surface area contributed by atoms with E-state index in [1.165, 1.54) is 18.4 Å². The summed E-state index contributed by atoms with van der Waals surface area (Å²) in [5, 5.41) is 8.17. The molecule has 2 amide bonds. The number of nitrogens with zero attached hydrogens (tertiary/aromatic N) is 2. The van der Waals surface area contributed by atoms with Crippen LogP contribution in [-0.4, -0.2) is 29.4 Å². The minimum Gasteiger partial charge on any atom is -0.376 e. The molecule has 0 saturated heterocycles. The highest BCUT2D eigenvalue weighted by Gasteiger charge is 2.34. The van der Waals surface area contributed by atoms with Crippen LogP contribution in [0.1, 0.15) is 67.1 Å². The zero-order valence-electron chi connectivity index (χ0n) is 21.7. The van der Waals surface area contributed by atoms with Gasteiger partial charge in [0.25, 0.3) is 0 Å². The number of hydrogen-bond acceptors (Lipinski definition) is 5. The predicted molar refractivity (Wildman–Crippen MR) is 155 cm³/mol. The fourth-order valence-electron chi connectivity index (χ4n) is 5.30. The van der Waals surface area contributed by atoms with Crippen LogP contribution < -0.4 is 15.5 Å². The van der Waals surface area contributed by atoms with Gasteiger partial charge in [0, 0.05) is 17.1 Å². The first-order valence-electron chi connectivity index (χ1n) is 13.6. The van der Waals surface area contributed by atoms with E-state index in [-0.39, 0.29) is 18.0 Å². The van der Waals surface area contributed by atoms with Gasteiger partial charge >= 0.3 is 0 Å². The largest absolute Gasteiger partial charge is 0.376 e. The van der Waals surface area contributed by atoms with Gasteiger partial charge < -0.3 is 10.6 Å². The first-order valence-corrected chi connectivity index (χ1v) is 14.8. The molecule has 0 unspecified atom stereocenters. The van der Waals surface area contributed by atoms with E-state index in [0.29, 0.717) is 17.4 Å². The molecule has 1 aromatic carbocycles. The quantitative estimate of drug-likeness (QED) is 0.246. The molecule has 2 saturated carbocycles. The van der Waals surface area contributed by atoms with Crippen LogP contribution in [-0.2, 0) is 16.0 Å². The average molecular weight is 551 g/mol. The smallest absolute Gasteiger partial charge is 0.243 e. The Morgan fingerprint density at radius 2 is 1.92 bits per heavy atom. The highest BCUT2D eigenvalue weighted by Crippen LogP contribution is 2.37. The van der Waals surface area contributed by atoms with Gasteiger partial charge in [-0.1, -0.05) is 67.6 Å². The topological polar surface area (TPSA) is 74.3 Å². The third-order valence-corrected chi connectivity index (χ3v) is 9.00. The normalized spacial score (nSPS) is 17.1. The van der Waals surface area contributed by atoms with Gasteiger partial charge in [-0.25, -0.2) is 0 Å². The molecule has 38 heavy (non-hydrogen) atoms. The zero-order valence-corrected chi connectivity index (χ0v) is 23.3. The molecule has 0 radical (unpaired) electrons. The van der Waals surface area contributed by atoms with Crippen molar-refractivity contribution in [3.63, 3.8) is 0 Å². The summed E-state index contributed by atoms with van der Waals surface area (Å²) in [4.78, 5) is 32.9. The molecular formula is C30H35ClN4O2S. The Hall–Kier alpha value is -2.90. The minimum atomic E-state index is -0.484. The van der Waals surface area contributed by atoms with E-state index in [9.17, 15) is 9.59 Å². The summed E-state index contributed by atoms with van der Waals surface area (Å²) in [7, 11) is 0. The number of thiophene rings is 1. The number of aromatic nitrogens is 1. The molecule has 8 heteroatoms. The van der Waals surface area contributed by atoms with Crippen molar-refractivity contribution in [1.82, 2.24) is 10.3 Å². The second-order valence-electron chi connectivity index (χ2n) is 10.5. The van der Waals surface area contributed by atoms with E-state index in [1.807, 2.05) is 37.3 Å². The van der Waals surface area contributed by atoms with Crippen LogP contribution in [0.4, 0.5) is 10.7 Å². The number of hydrogen-bond donors (Lipinski definition) is 2. The maximum absolute atomic E-state index is 13.3. The lowest BCUT2D eigenvalue weighted by Gasteiger charge is -2.28. The molecular weight excluding hydrogens is 516 g/mol. The lowest BCUT2D eigenvalue weighted by molar-refractivity contribution is -0.124. The number of halogens is 1. The van der Waals surface area contributed by atoms with Gasteiger partial charge in [-0.3, -0.25) is 19.5 Å². The van der Waals surface area contributed by atoms with Crippen LogP contribution in [0, 0.1) is 12.8 Å². The molecule has 2 heterocycles. The van der Waals surface area contributed by atoms with Crippen LogP contribution in [0.3, 0.4) is 0 Å². The third-order valence-electron chi connectivity index (χ3n) is 7.58. The Bertz CT molecular complexity index is 1240. The lowest BCUT2D eigenvalue weighted by atomic mass is 9.97. The van der Waals surface area contributed by atoms with Gasteiger partial charge in [0.15, 0.2) is 0 Å². The Morgan fingerprint density at radius 3 is 2.63 bits per heavy atom. The van der Waals surface area contributed by atoms with Gasteiger partial charge in [0.2, 0.25) is 12.3 Å². The molecule has 2 atom stereocenters. The molecule has 2 aromatic heterocycles. The number of rotatable bonds is 12. The number of carbonyl (C=O) groups excluding carboxylic acids is 2. The molecule has 0 aliphatic heterocycles. The van der Waals surface area contributed by atoms with E-state index in [1.54, 1.807) is 22.4 Å². The summed E-state index contributed by atoms with van der Waals surface area (Å²) in [6, 6.07) is 16.0. The van der Waals surface area contributed by atoms with Crippen LogP contribution in [0.2, 0.25) is 5.02 Å². The number of aryl methyl sites for hydroxylation is 1. The Balaban J connectivity index is 1.42. The minimum absolute atomic E-state index is 0.0268. The fraction of sp³-hybridized carbons (Fsp3) is 0.433. The van der Waals surface area contributed by atoms with Crippen molar-refractivity contribution in [2.24, 2.45) is 5.92 Å². The number of carbonyl (C=O) groups is 2. The third kappa shape index (κ3) is 6.75. The molecule has 5 rings (SSSR count). The van der Waals surface area contributed by atoms with Crippen molar-refractivity contribution in [1.29, 1.82) is 0 Å². The van der Waals surface area contributed by atoms with Crippen molar-refractivity contribution >= 4 is 45.9 Å². The maximum Gasteiger partial charge on any atom is 0.243 e. The SMILES string of the molecule is Cc1ncc(Cl)cc1N[C@H](Cc1ccccc1)c1ccc(N(C=O)[C@@H](CC2CCCC2)C(=O)NC2CC2)s1. The van der Waals surface area contributed by atoms with Crippen molar-refractivity contribution in [3.8, 4) is 0 Å². The average Bonchev–Trinajstić information content (AvgIpc) is 3.36. The maximum atomic E-state index is 13.3. The Labute approximate surface area is 233 Å². The summed E-state index contributed by atoms with van der Waals surface area (Å²) >= 11 is 7.82. The summed E-state index contributed by atoms with van der Waals surface area (Å²) < 4.78 is 0. The monoisotopic (exact) mass is 550 g/mol. The molecule has 2 aliphatic carbocycles. The second-order valence-corrected chi connectivity index (χ2v) is 12.1. The van der Waals surface area contributed by atoms with Crippen LogP contribution in [0.15, 0.2) is 54.7 Å². The summed E-state index contributed by atoms with van der Waals surface area (Å²) in [6.45, 7) is 1.96. The van der Waals surface area contributed by atoms with Crippen molar-refractivity contribution in [2.75, 3.05) is 10.2 Å². The van der Waals surface area contributed by atoms with Crippen molar-refractivity contribution < 1.29 is 9.59 Å². The summed E-state index contributed by atoms with van der Waals surface area (Å²) in [6.07, 6.45) is 10.7. The van der Waals surface area contributed by atoms with Gasteiger partial charge in [-0.05, 0) is 62.3 Å². The van der Waals surface area contributed by atoms with E-state index in [0.717, 1.165) is 59.8 Å². The number of pyridine rings is 1. The number of nitrogens with one attached hydrogen (secondary N) is 2. The van der Waals surface area contributed by atoms with Gasteiger partial charge in [0.05, 0.1) is 27.4 Å². The lowest BCUT2D eigenvalue weighted by Crippen LogP contribution is -2.48. The Morgan fingerprint density at radius 1 is 1.16 bits per heavy atom. The second kappa shape index (κ2) is 12.3. The van der Waals surface area contributed by atoms with Crippen LogP contribution in [0.5, 0.6) is 0 Å².